The summed E-state index contributed by atoms with van der Waals surface area (Å²) in [6.45, 7) is 3.28. The van der Waals surface area contributed by atoms with E-state index in [2.05, 4.69) is 6.58 Å². The van der Waals surface area contributed by atoms with Gasteiger partial charge in [0.05, 0.1) is 12.0 Å². The van der Waals surface area contributed by atoms with Gasteiger partial charge in [-0.25, -0.2) is 9.69 Å². The van der Waals surface area contributed by atoms with E-state index in [-0.39, 0.29) is 13.0 Å². The molecule has 1 aromatic rings. The number of ether oxygens (including phenoxy) is 1. The maximum atomic E-state index is 12.9. The summed E-state index contributed by atoms with van der Waals surface area (Å²) in [6, 6.07) is 8.49. The Morgan fingerprint density at radius 1 is 1.33 bits per heavy atom. The van der Waals surface area contributed by atoms with Gasteiger partial charge in [0.1, 0.15) is 12.7 Å². The number of halogens is 3. The van der Waals surface area contributed by atoms with Gasteiger partial charge in [-0.3, -0.25) is 4.79 Å². The highest BCUT2D eigenvalue weighted by Crippen LogP contribution is 2.33. The van der Waals surface area contributed by atoms with Crippen LogP contribution in [0, 0.1) is 5.92 Å². The zero-order chi connectivity index (χ0) is 20.0. The van der Waals surface area contributed by atoms with Crippen LogP contribution in [-0.2, 0) is 16.0 Å². The lowest BCUT2D eigenvalue weighted by Crippen LogP contribution is -2.45. The summed E-state index contributed by atoms with van der Waals surface area (Å²) in [5.41, 5.74) is 0.871. The first-order chi connectivity index (χ1) is 12.7. The molecule has 1 N–H and O–H groups in total. The SMILES string of the molecule is C=CCC(CC[C@H](O)C(=O)N1C(=O)OC[C@H]1Cc1ccccc1)C(F)(F)F. The molecule has 0 aromatic heterocycles. The molecule has 8 heteroatoms. The van der Waals surface area contributed by atoms with Crippen molar-refractivity contribution in [1.82, 2.24) is 4.90 Å². The highest BCUT2D eigenvalue weighted by molar-refractivity contribution is 5.95. The van der Waals surface area contributed by atoms with Gasteiger partial charge in [0.2, 0.25) is 0 Å². The summed E-state index contributed by atoms with van der Waals surface area (Å²) in [7, 11) is 0. The van der Waals surface area contributed by atoms with Crippen molar-refractivity contribution in [3.05, 3.63) is 48.6 Å². The molecule has 3 atom stereocenters. The lowest BCUT2D eigenvalue weighted by Gasteiger charge is -2.24. The fourth-order valence-corrected chi connectivity index (χ4v) is 3.03. The molecule has 27 heavy (non-hydrogen) atoms. The summed E-state index contributed by atoms with van der Waals surface area (Å²) in [6.07, 6.45) is -6.69. The molecule has 1 aliphatic heterocycles. The fourth-order valence-electron chi connectivity index (χ4n) is 3.03. The molecule has 1 aliphatic rings. The number of imide groups is 1. The van der Waals surface area contributed by atoms with Crippen LogP contribution in [0.5, 0.6) is 0 Å². The largest absolute Gasteiger partial charge is 0.447 e. The number of allylic oxidation sites excluding steroid dienone is 1. The molecule has 0 spiro atoms. The number of cyclic esters (lactones) is 1. The summed E-state index contributed by atoms with van der Waals surface area (Å²) in [4.78, 5) is 25.2. The second-order valence-electron chi connectivity index (χ2n) is 6.48. The standard InChI is InChI=1S/C19H22F3NO4/c1-2-6-14(19(20,21)22)9-10-16(24)17(25)23-15(12-27-18(23)26)11-13-7-4-3-5-8-13/h2-5,7-8,14-16,24H,1,6,9-12H2/t14?,15-,16+/m1/s1. The van der Waals surface area contributed by atoms with Gasteiger partial charge in [-0.1, -0.05) is 36.4 Å². The van der Waals surface area contributed by atoms with E-state index in [1.54, 1.807) is 0 Å². The van der Waals surface area contributed by atoms with Gasteiger partial charge in [0.25, 0.3) is 5.91 Å². The second-order valence-corrected chi connectivity index (χ2v) is 6.48. The van der Waals surface area contributed by atoms with E-state index in [1.807, 2.05) is 30.3 Å². The number of amides is 2. The van der Waals surface area contributed by atoms with Crippen LogP contribution in [-0.4, -0.2) is 46.9 Å². The van der Waals surface area contributed by atoms with Gasteiger partial charge < -0.3 is 9.84 Å². The molecule has 2 amide bonds. The molecule has 1 unspecified atom stereocenters. The molecule has 1 heterocycles. The number of hydrogen-bond donors (Lipinski definition) is 1. The number of nitrogens with zero attached hydrogens (tertiary/aromatic N) is 1. The van der Waals surface area contributed by atoms with Crippen LogP contribution in [0.1, 0.15) is 24.8 Å². The Morgan fingerprint density at radius 2 is 2.00 bits per heavy atom. The Bertz CT molecular complexity index is 663. The molecular weight excluding hydrogens is 363 g/mol. The zero-order valence-corrected chi connectivity index (χ0v) is 14.7. The molecule has 1 aromatic carbocycles. The Kier molecular flexibility index (Phi) is 7.01. The first-order valence-corrected chi connectivity index (χ1v) is 8.63. The third-order valence-electron chi connectivity index (χ3n) is 4.50. The Labute approximate surface area is 155 Å². The maximum absolute atomic E-state index is 12.9. The minimum Gasteiger partial charge on any atom is -0.447 e. The van der Waals surface area contributed by atoms with Crippen LogP contribution in [0.2, 0.25) is 0 Å². The number of hydrogen-bond acceptors (Lipinski definition) is 4. The number of carbonyl (C=O) groups is 2. The number of benzene rings is 1. The lowest BCUT2D eigenvalue weighted by molar-refractivity contribution is -0.177. The number of aliphatic hydroxyl groups excluding tert-OH is 1. The number of alkyl halides is 3. The van der Waals surface area contributed by atoms with Crippen LogP contribution in [0.15, 0.2) is 43.0 Å². The van der Waals surface area contributed by atoms with Gasteiger partial charge in [-0.05, 0) is 31.2 Å². The summed E-state index contributed by atoms with van der Waals surface area (Å²) in [5.74, 6) is -2.62. The fraction of sp³-hybridized carbons (Fsp3) is 0.474. The van der Waals surface area contributed by atoms with Gasteiger partial charge in [-0.15, -0.1) is 6.58 Å². The molecule has 0 bridgehead atoms. The quantitative estimate of drug-likeness (QED) is 0.696. The van der Waals surface area contributed by atoms with Crippen molar-refractivity contribution in [2.75, 3.05) is 6.61 Å². The molecule has 1 saturated heterocycles. The van der Waals surface area contributed by atoms with Gasteiger partial charge in [0, 0.05) is 0 Å². The molecule has 148 valence electrons. The monoisotopic (exact) mass is 385 g/mol. The molecular formula is C19H22F3NO4. The van der Waals surface area contributed by atoms with E-state index in [1.165, 1.54) is 0 Å². The van der Waals surface area contributed by atoms with Gasteiger partial charge >= 0.3 is 12.3 Å². The van der Waals surface area contributed by atoms with Crippen LogP contribution in [0.4, 0.5) is 18.0 Å². The molecule has 0 radical (unpaired) electrons. The summed E-state index contributed by atoms with van der Waals surface area (Å²) >= 11 is 0. The number of aliphatic hydroxyl groups is 1. The topological polar surface area (TPSA) is 66.8 Å². The van der Waals surface area contributed by atoms with Crippen molar-refractivity contribution in [3.63, 3.8) is 0 Å². The summed E-state index contributed by atoms with van der Waals surface area (Å²) in [5, 5.41) is 10.1. The first-order valence-electron chi connectivity index (χ1n) is 8.63. The van der Waals surface area contributed by atoms with E-state index in [4.69, 9.17) is 4.74 Å². The first kappa shape index (κ1) is 21.0. The predicted octanol–water partition coefficient (Wildman–Crippen LogP) is 3.47. The van der Waals surface area contributed by atoms with Crippen LogP contribution in [0.25, 0.3) is 0 Å². The highest BCUT2D eigenvalue weighted by atomic mass is 19.4. The average Bonchev–Trinajstić information content (AvgIpc) is 2.97. The van der Waals surface area contributed by atoms with Crippen molar-refractivity contribution in [3.8, 4) is 0 Å². The van der Waals surface area contributed by atoms with E-state index in [0.717, 1.165) is 16.5 Å². The third-order valence-corrected chi connectivity index (χ3v) is 4.50. The van der Waals surface area contributed by atoms with Crippen molar-refractivity contribution < 1.29 is 32.6 Å². The minimum atomic E-state index is -4.45. The zero-order valence-electron chi connectivity index (χ0n) is 14.7. The van der Waals surface area contributed by atoms with Crippen molar-refractivity contribution in [2.45, 2.75) is 44.0 Å². The van der Waals surface area contributed by atoms with Crippen LogP contribution >= 0.6 is 0 Å². The second kappa shape index (κ2) is 9.03. The van der Waals surface area contributed by atoms with Gasteiger partial charge in [0.15, 0.2) is 0 Å². The van der Waals surface area contributed by atoms with E-state index >= 15 is 0 Å². The van der Waals surface area contributed by atoms with Gasteiger partial charge in [-0.2, -0.15) is 13.2 Å². The molecule has 0 aliphatic carbocycles. The predicted molar refractivity (Wildman–Crippen MR) is 91.7 cm³/mol. The average molecular weight is 385 g/mol. The Balaban J connectivity index is 2.00. The van der Waals surface area contributed by atoms with Crippen LogP contribution < -0.4 is 0 Å². The Hall–Kier alpha value is -2.35. The molecule has 2 rings (SSSR count). The summed E-state index contributed by atoms with van der Waals surface area (Å²) < 4.78 is 43.7. The highest BCUT2D eigenvalue weighted by Gasteiger charge is 2.42. The third kappa shape index (κ3) is 5.56. The minimum absolute atomic E-state index is 0.0200. The van der Waals surface area contributed by atoms with E-state index in [0.29, 0.717) is 6.42 Å². The van der Waals surface area contributed by atoms with Crippen molar-refractivity contribution in [2.24, 2.45) is 5.92 Å². The van der Waals surface area contributed by atoms with Crippen molar-refractivity contribution in [1.29, 1.82) is 0 Å². The molecule has 1 fully saturated rings. The Morgan fingerprint density at radius 3 is 2.59 bits per heavy atom. The maximum Gasteiger partial charge on any atom is 0.417 e. The van der Waals surface area contributed by atoms with E-state index in [9.17, 15) is 27.9 Å². The van der Waals surface area contributed by atoms with Crippen LogP contribution in [0.3, 0.4) is 0 Å². The van der Waals surface area contributed by atoms with E-state index < -0.39 is 49.1 Å². The van der Waals surface area contributed by atoms with Crippen molar-refractivity contribution >= 4 is 12.0 Å². The number of rotatable bonds is 8. The number of carbonyl (C=O) groups excluding carboxylic acids is 2. The normalized spacial score (nSPS) is 19.5. The molecule has 0 saturated carbocycles. The smallest absolute Gasteiger partial charge is 0.417 e. The lowest BCUT2D eigenvalue weighted by atomic mass is 9.96. The molecule has 5 nitrogen and oxygen atoms in total.